The van der Waals surface area contributed by atoms with E-state index in [-0.39, 0.29) is 6.10 Å². The van der Waals surface area contributed by atoms with Crippen molar-refractivity contribution in [3.8, 4) is 0 Å². The van der Waals surface area contributed by atoms with E-state index in [2.05, 4.69) is 17.1 Å². The minimum Gasteiger partial charge on any atom is -0.392 e. The first-order chi connectivity index (χ1) is 5.83. The van der Waals surface area contributed by atoms with Crippen LogP contribution in [-0.2, 0) is 0 Å². The summed E-state index contributed by atoms with van der Waals surface area (Å²) in [5.41, 5.74) is 0. The Morgan fingerprint density at radius 3 is 3.08 bits per heavy atom. The molecule has 1 aliphatic rings. The number of likely N-dealkylation sites (N-methyl/N-ethyl adjacent to an activating group) is 1. The van der Waals surface area contributed by atoms with Crippen LogP contribution in [-0.4, -0.2) is 48.8 Å². The van der Waals surface area contributed by atoms with E-state index in [1.165, 1.54) is 0 Å². The molecule has 1 atom stereocenters. The fourth-order valence-corrected chi connectivity index (χ4v) is 1.65. The van der Waals surface area contributed by atoms with Gasteiger partial charge in [0.2, 0.25) is 0 Å². The van der Waals surface area contributed by atoms with Gasteiger partial charge in [-0.15, -0.1) is 0 Å². The molecule has 2 N–H and O–H groups in total. The third-order valence-electron chi connectivity index (χ3n) is 2.34. The van der Waals surface area contributed by atoms with Crippen molar-refractivity contribution in [2.75, 3.05) is 32.7 Å². The molecule has 1 rings (SSSR count). The molecule has 1 heterocycles. The summed E-state index contributed by atoms with van der Waals surface area (Å²) in [5.74, 6) is 0. The first kappa shape index (κ1) is 9.96. The zero-order valence-electron chi connectivity index (χ0n) is 7.92. The SMILES string of the molecule is CCNCCN1CCCC(O)C1. The number of nitrogens with zero attached hydrogens (tertiary/aromatic N) is 1. The van der Waals surface area contributed by atoms with Crippen LogP contribution in [0.15, 0.2) is 0 Å². The van der Waals surface area contributed by atoms with Crippen molar-refractivity contribution in [2.45, 2.75) is 25.9 Å². The van der Waals surface area contributed by atoms with Gasteiger partial charge in [-0.3, -0.25) is 4.90 Å². The molecule has 72 valence electrons. The maximum atomic E-state index is 9.37. The van der Waals surface area contributed by atoms with Crippen LogP contribution in [0.1, 0.15) is 19.8 Å². The van der Waals surface area contributed by atoms with Crippen molar-refractivity contribution in [1.82, 2.24) is 10.2 Å². The smallest absolute Gasteiger partial charge is 0.0667 e. The van der Waals surface area contributed by atoms with Crippen LogP contribution in [0.2, 0.25) is 0 Å². The van der Waals surface area contributed by atoms with E-state index in [9.17, 15) is 5.11 Å². The highest BCUT2D eigenvalue weighted by molar-refractivity contribution is 4.71. The third kappa shape index (κ3) is 3.52. The summed E-state index contributed by atoms with van der Waals surface area (Å²) in [6, 6.07) is 0. The van der Waals surface area contributed by atoms with E-state index in [1.807, 2.05) is 0 Å². The van der Waals surface area contributed by atoms with Crippen LogP contribution in [0, 0.1) is 0 Å². The number of aliphatic hydroxyl groups excluding tert-OH is 1. The highest BCUT2D eigenvalue weighted by Crippen LogP contribution is 2.08. The van der Waals surface area contributed by atoms with Gasteiger partial charge in [-0.1, -0.05) is 6.92 Å². The molecular formula is C9H20N2O. The van der Waals surface area contributed by atoms with Crippen molar-refractivity contribution in [2.24, 2.45) is 0 Å². The maximum Gasteiger partial charge on any atom is 0.0667 e. The first-order valence-corrected chi connectivity index (χ1v) is 4.94. The van der Waals surface area contributed by atoms with Gasteiger partial charge in [0.05, 0.1) is 6.10 Å². The largest absolute Gasteiger partial charge is 0.392 e. The standard InChI is InChI=1S/C9H20N2O/c1-2-10-5-7-11-6-3-4-9(12)8-11/h9-10,12H,2-8H2,1H3. The molecule has 0 aromatic rings. The van der Waals surface area contributed by atoms with Crippen LogP contribution in [0.25, 0.3) is 0 Å². The normalized spacial score (nSPS) is 26.0. The summed E-state index contributed by atoms with van der Waals surface area (Å²) < 4.78 is 0. The Kier molecular flexibility index (Phi) is 4.58. The second-order valence-electron chi connectivity index (χ2n) is 3.45. The molecule has 0 aliphatic carbocycles. The molecule has 0 amide bonds. The molecule has 3 heteroatoms. The van der Waals surface area contributed by atoms with Gasteiger partial charge < -0.3 is 10.4 Å². The van der Waals surface area contributed by atoms with E-state index in [0.717, 1.165) is 45.6 Å². The summed E-state index contributed by atoms with van der Waals surface area (Å²) in [6.07, 6.45) is 2.05. The third-order valence-corrected chi connectivity index (χ3v) is 2.34. The van der Waals surface area contributed by atoms with Gasteiger partial charge in [-0.2, -0.15) is 0 Å². The molecular weight excluding hydrogens is 152 g/mol. The topological polar surface area (TPSA) is 35.5 Å². The average molecular weight is 172 g/mol. The molecule has 0 aromatic heterocycles. The molecule has 12 heavy (non-hydrogen) atoms. The molecule has 0 bridgehead atoms. The average Bonchev–Trinajstić information content (AvgIpc) is 2.05. The molecule has 1 aliphatic heterocycles. The fourth-order valence-electron chi connectivity index (χ4n) is 1.65. The van der Waals surface area contributed by atoms with Crippen molar-refractivity contribution in [3.63, 3.8) is 0 Å². The number of β-amino-alcohol motifs (C(OH)–C–C–N with tert-alkyl or cyclic N) is 1. The van der Waals surface area contributed by atoms with E-state index < -0.39 is 0 Å². The first-order valence-electron chi connectivity index (χ1n) is 4.94. The number of rotatable bonds is 4. The number of piperidine rings is 1. The monoisotopic (exact) mass is 172 g/mol. The minimum absolute atomic E-state index is 0.0830. The molecule has 1 unspecified atom stereocenters. The number of aliphatic hydroxyl groups is 1. The zero-order chi connectivity index (χ0) is 8.81. The van der Waals surface area contributed by atoms with Gasteiger partial charge in [0.15, 0.2) is 0 Å². The molecule has 3 nitrogen and oxygen atoms in total. The van der Waals surface area contributed by atoms with E-state index in [0.29, 0.717) is 0 Å². The second-order valence-corrected chi connectivity index (χ2v) is 3.45. The van der Waals surface area contributed by atoms with Gasteiger partial charge in [-0.05, 0) is 25.9 Å². The highest BCUT2D eigenvalue weighted by Gasteiger charge is 2.16. The summed E-state index contributed by atoms with van der Waals surface area (Å²) in [5, 5.41) is 12.7. The highest BCUT2D eigenvalue weighted by atomic mass is 16.3. The Hall–Kier alpha value is -0.120. The van der Waals surface area contributed by atoms with Gasteiger partial charge in [0.25, 0.3) is 0 Å². The van der Waals surface area contributed by atoms with Crippen LogP contribution in [0.5, 0.6) is 0 Å². The van der Waals surface area contributed by atoms with Crippen molar-refractivity contribution >= 4 is 0 Å². The Balaban J connectivity index is 2.06. The van der Waals surface area contributed by atoms with Crippen molar-refractivity contribution in [1.29, 1.82) is 0 Å². The fraction of sp³-hybridized carbons (Fsp3) is 1.00. The lowest BCUT2D eigenvalue weighted by atomic mass is 10.1. The number of nitrogens with one attached hydrogen (secondary N) is 1. The Bertz CT molecular complexity index is 119. The van der Waals surface area contributed by atoms with Crippen LogP contribution in [0.4, 0.5) is 0 Å². The number of hydrogen-bond acceptors (Lipinski definition) is 3. The molecule has 0 saturated carbocycles. The van der Waals surface area contributed by atoms with Crippen LogP contribution < -0.4 is 5.32 Å². The van der Waals surface area contributed by atoms with Crippen molar-refractivity contribution < 1.29 is 5.11 Å². The van der Waals surface area contributed by atoms with Crippen LogP contribution >= 0.6 is 0 Å². The lowest BCUT2D eigenvalue weighted by Gasteiger charge is -2.29. The van der Waals surface area contributed by atoms with Crippen LogP contribution in [0.3, 0.4) is 0 Å². The maximum absolute atomic E-state index is 9.37. The minimum atomic E-state index is -0.0830. The summed E-state index contributed by atoms with van der Waals surface area (Å²) >= 11 is 0. The van der Waals surface area contributed by atoms with Gasteiger partial charge in [0, 0.05) is 19.6 Å². The molecule has 0 spiro atoms. The lowest BCUT2D eigenvalue weighted by molar-refractivity contribution is 0.0714. The number of likely N-dealkylation sites (tertiary alicyclic amines) is 1. The van der Waals surface area contributed by atoms with Gasteiger partial charge in [0.1, 0.15) is 0 Å². The summed E-state index contributed by atoms with van der Waals surface area (Å²) in [4.78, 5) is 2.33. The Labute approximate surface area is 74.8 Å². The van der Waals surface area contributed by atoms with Gasteiger partial charge in [-0.25, -0.2) is 0 Å². The molecule has 1 fully saturated rings. The Morgan fingerprint density at radius 1 is 1.58 bits per heavy atom. The Morgan fingerprint density at radius 2 is 2.42 bits per heavy atom. The van der Waals surface area contributed by atoms with Crippen molar-refractivity contribution in [3.05, 3.63) is 0 Å². The summed E-state index contributed by atoms with van der Waals surface area (Å²) in [7, 11) is 0. The van der Waals surface area contributed by atoms with E-state index >= 15 is 0 Å². The molecule has 0 aromatic carbocycles. The van der Waals surface area contributed by atoms with E-state index in [4.69, 9.17) is 0 Å². The molecule has 0 radical (unpaired) electrons. The quantitative estimate of drug-likeness (QED) is 0.588. The van der Waals surface area contributed by atoms with Gasteiger partial charge >= 0.3 is 0 Å². The van der Waals surface area contributed by atoms with E-state index in [1.54, 1.807) is 0 Å². The summed E-state index contributed by atoms with van der Waals surface area (Å²) in [6.45, 7) is 7.30. The predicted octanol–water partition coefficient (Wildman–Crippen LogP) is 0.0526. The lowest BCUT2D eigenvalue weighted by Crippen LogP contribution is -2.41. The molecule has 1 saturated heterocycles. The second kappa shape index (κ2) is 5.51. The predicted molar refractivity (Wildman–Crippen MR) is 50.2 cm³/mol. The zero-order valence-corrected chi connectivity index (χ0v) is 7.92. The number of hydrogen-bond donors (Lipinski definition) is 2.